The predicted molar refractivity (Wildman–Crippen MR) is 85.8 cm³/mol. The first-order chi connectivity index (χ1) is 10.3. The van der Waals surface area contributed by atoms with Crippen LogP contribution in [-0.2, 0) is 0 Å². The Balaban J connectivity index is 1.90. The zero-order chi connectivity index (χ0) is 14.2. The monoisotopic (exact) mass is 292 g/mol. The first-order valence-electron chi connectivity index (χ1n) is 6.93. The van der Waals surface area contributed by atoms with Gasteiger partial charge in [0.25, 0.3) is 0 Å². The van der Waals surface area contributed by atoms with Crippen molar-refractivity contribution in [3.63, 3.8) is 0 Å². The van der Waals surface area contributed by atoms with E-state index in [1.165, 1.54) is 11.1 Å². The molecule has 1 aliphatic heterocycles. The summed E-state index contributed by atoms with van der Waals surface area (Å²) >= 11 is 5.99. The SMILES string of the molecule is Clc1ccc([C@H]2Oc3ccccc3-c3ccccc32)cc1. The van der Waals surface area contributed by atoms with Gasteiger partial charge < -0.3 is 4.74 Å². The highest BCUT2D eigenvalue weighted by atomic mass is 35.5. The minimum Gasteiger partial charge on any atom is -0.480 e. The van der Waals surface area contributed by atoms with Crippen molar-refractivity contribution in [2.24, 2.45) is 0 Å². The van der Waals surface area contributed by atoms with E-state index in [0.717, 1.165) is 21.9 Å². The summed E-state index contributed by atoms with van der Waals surface area (Å²) in [6, 6.07) is 24.4. The number of fused-ring (bicyclic) bond motifs is 3. The van der Waals surface area contributed by atoms with Crippen molar-refractivity contribution in [1.82, 2.24) is 0 Å². The van der Waals surface area contributed by atoms with E-state index < -0.39 is 0 Å². The Labute approximate surface area is 128 Å². The molecular formula is C19H13ClO. The van der Waals surface area contributed by atoms with Crippen LogP contribution in [0.5, 0.6) is 5.75 Å². The fourth-order valence-electron chi connectivity index (χ4n) is 2.84. The molecular weight excluding hydrogens is 280 g/mol. The van der Waals surface area contributed by atoms with Crippen molar-refractivity contribution in [3.05, 3.63) is 88.9 Å². The first-order valence-corrected chi connectivity index (χ1v) is 7.31. The van der Waals surface area contributed by atoms with E-state index in [2.05, 4.69) is 30.3 Å². The summed E-state index contributed by atoms with van der Waals surface area (Å²) in [5.74, 6) is 0.927. The topological polar surface area (TPSA) is 9.23 Å². The van der Waals surface area contributed by atoms with Crippen LogP contribution >= 0.6 is 11.6 Å². The van der Waals surface area contributed by atoms with Crippen molar-refractivity contribution >= 4 is 11.6 Å². The Morgan fingerprint density at radius 1 is 0.714 bits per heavy atom. The number of rotatable bonds is 1. The third-order valence-corrected chi connectivity index (χ3v) is 4.09. The van der Waals surface area contributed by atoms with E-state index in [9.17, 15) is 0 Å². The Kier molecular flexibility index (Phi) is 2.94. The molecule has 0 amide bonds. The summed E-state index contributed by atoms with van der Waals surface area (Å²) in [5.41, 5.74) is 4.69. The molecule has 0 aliphatic carbocycles. The summed E-state index contributed by atoms with van der Waals surface area (Å²) in [7, 11) is 0. The number of ether oxygens (including phenoxy) is 1. The van der Waals surface area contributed by atoms with Gasteiger partial charge in [-0.2, -0.15) is 0 Å². The molecule has 1 aliphatic rings. The second-order valence-corrected chi connectivity index (χ2v) is 5.57. The van der Waals surface area contributed by atoms with Crippen molar-refractivity contribution in [2.45, 2.75) is 6.10 Å². The molecule has 0 radical (unpaired) electrons. The molecule has 3 aromatic rings. The standard InChI is InChI=1S/C19H13ClO/c20-14-11-9-13(10-12-14)19-17-7-2-1-5-15(17)16-6-3-4-8-18(16)21-19/h1-12,19H/t19-/m1/s1. The number of halogens is 1. The molecule has 3 aromatic carbocycles. The van der Waals surface area contributed by atoms with E-state index >= 15 is 0 Å². The lowest BCUT2D eigenvalue weighted by atomic mass is 9.90. The van der Waals surface area contributed by atoms with Gasteiger partial charge in [-0.15, -0.1) is 0 Å². The van der Waals surface area contributed by atoms with Gasteiger partial charge in [-0.05, 0) is 29.3 Å². The summed E-state index contributed by atoms with van der Waals surface area (Å²) in [5, 5.41) is 0.739. The van der Waals surface area contributed by atoms with Gasteiger partial charge >= 0.3 is 0 Å². The smallest absolute Gasteiger partial charge is 0.149 e. The van der Waals surface area contributed by atoms with Gasteiger partial charge in [0.05, 0.1) is 0 Å². The maximum atomic E-state index is 6.24. The molecule has 0 unspecified atom stereocenters. The average molecular weight is 293 g/mol. The van der Waals surface area contributed by atoms with Gasteiger partial charge in [-0.1, -0.05) is 66.2 Å². The van der Waals surface area contributed by atoms with Crippen LogP contribution < -0.4 is 4.74 Å². The van der Waals surface area contributed by atoms with Gasteiger partial charge in [0.1, 0.15) is 11.9 Å². The molecule has 0 spiro atoms. The van der Waals surface area contributed by atoms with Gasteiger partial charge in [-0.3, -0.25) is 0 Å². The number of hydrogen-bond donors (Lipinski definition) is 0. The predicted octanol–water partition coefficient (Wildman–Crippen LogP) is 5.49. The van der Waals surface area contributed by atoms with Crippen LogP contribution in [0.2, 0.25) is 5.02 Å². The van der Waals surface area contributed by atoms with E-state index in [-0.39, 0.29) is 6.10 Å². The first kappa shape index (κ1) is 12.5. The normalized spacial score (nSPS) is 15.8. The summed E-state index contributed by atoms with van der Waals surface area (Å²) in [6.07, 6.45) is -0.0895. The molecule has 0 N–H and O–H groups in total. The highest BCUT2D eigenvalue weighted by Gasteiger charge is 2.26. The molecule has 102 valence electrons. The molecule has 0 saturated heterocycles. The van der Waals surface area contributed by atoms with E-state index in [1.807, 2.05) is 42.5 Å². The zero-order valence-corrected chi connectivity index (χ0v) is 12.0. The molecule has 1 heterocycles. The molecule has 0 aromatic heterocycles. The Hall–Kier alpha value is -2.25. The van der Waals surface area contributed by atoms with Crippen molar-refractivity contribution in [3.8, 4) is 16.9 Å². The van der Waals surface area contributed by atoms with E-state index in [1.54, 1.807) is 0 Å². The lowest BCUT2D eigenvalue weighted by Crippen LogP contribution is -2.15. The molecule has 21 heavy (non-hydrogen) atoms. The Bertz CT molecular complexity index is 793. The fourth-order valence-corrected chi connectivity index (χ4v) is 2.96. The molecule has 0 fully saturated rings. The largest absolute Gasteiger partial charge is 0.480 e. The zero-order valence-electron chi connectivity index (χ0n) is 11.3. The highest BCUT2D eigenvalue weighted by Crippen LogP contribution is 2.44. The second-order valence-electron chi connectivity index (χ2n) is 5.13. The maximum absolute atomic E-state index is 6.24. The van der Waals surface area contributed by atoms with Crippen molar-refractivity contribution in [2.75, 3.05) is 0 Å². The highest BCUT2D eigenvalue weighted by molar-refractivity contribution is 6.30. The van der Waals surface area contributed by atoms with E-state index in [4.69, 9.17) is 16.3 Å². The summed E-state index contributed by atoms with van der Waals surface area (Å²) < 4.78 is 6.24. The number of para-hydroxylation sites is 1. The van der Waals surface area contributed by atoms with E-state index in [0.29, 0.717) is 0 Å². The molecule has 0 saturated carbocycles. The van der Waals surface area contributed by atoms with Gasteiger partial charge in [0.2, 0.25) is 0 Å². The number of hydrogen-bond acceptors (Lipinski definition) is 1. The van der Waals surface area contributed by atoms with Crippen LogP contribution in [0.3, 0.4) is 0 Å². The van der Waals surface area contributed by atoms with Gasteiger partial charge in [0.15, 0.2) is 0 Å². The average Bonchev–Trinajstić information content (AvgIpc) is 2.55. The Morgan fingerprint density at radius 2 is 1.38 bits per heavy atom. The summed E-state index contributed by atoms with van der Waals surface area (Å²) in [6.45, 7) is 0. The lowest BCUT2D eigenvalue weighted by Gasteiger charge is -2.29. The molecule has 4 rings (SSSR count). The van der Waals surface area contributed by atoms with Crippen LogP contribution in [-0.4, -0.2) is 0 Å². The van der Waals surface area contributed by atoms with Gasteiger partial charge in [0, 0.05) is 16.1 Å². The summed E-state index contributed by atoms with van der Waals surface area (Å²) in [4.78, 5) is 0. The minimum atomic E-state index is -0.0895. The molecule has 2 heteroatoms. The van der Waals surface area contributed by atoms with Crippen LogP contribution in [0.25, 0.3) is 11.1 Å². The van der Waals surface area contributed by atoms with Crippen LogP contribution in [0, 0.1) is 0 Å². The van der Waals surface area contributed by atoms with Crippen LogP contribution in [0.15, 0.2) is 72.8 Å². The molecule has 1 nitrogen and oxygen atoms in total. The third-order valence-electron chi connectivity index (χ3n) is 3.84. The third kappa shape index (κ3) is 2.10. The van der Waals surface area contributed by atoms with Crippen LogP contribution in [0.1, 0.15) is 17.2 Å². The quantitative estimate of drug-likeness (QED) is 0.576. The van der Waals surface area contributed by atoms with Crippen LogP contribution in [0.4, 0.5) is 0 Å². The van der Waals surface area contributed by atoms with Gasteiger partial charge in [-0.25, -0.2) is 0 Å². The Morgan fingerprint density at radius 3 is 2.19 bits per heavy atom. The minimum absolute atomic E-state index is 0.0895. The maximum Gasteiger partial charge on any atom is 0.149 e. The van der Waals surface area contributed by atoms with Crippen molar-refractivity contribution < 1.29 is 4.74 Å². The lowest BCUT2D eigenvalue weighted by molar-refractivity contribution is 0.243. The molecule has 1 atom stereocenters. The second kappa shape index (κ2) is 4.94. The fraction of sp³-hybridized carbons (Fsp3) is 0.0526. The molecule has 0 bridgehead atoms. The van der Waals surface area contributed by atoms with Crippen molar-refractivity contribution in [1.29, 1.82) is 0 Å². The number of benzene rings is 3.